The molecule has 0 fully saturated rings. The number of aliphatic carboxylic acids is 1. The highest BCUT2D eigenvalue weighted by atomic mass is 19.1. The number of aryl methyl sites for hydroxylation is 1. The van der Waals surface area contributed by atoms with E-state index in [9.17, 15) is 14.3 Å². The number of benzene rings is 1. The number of rotatable bonds is 4. The van der Waals surface area contributed by atoms with E-state index < -0.39 is 12.0 Å². The summed E-state index contributed by atoms with van der Waals surface area (Å²) in [6, 6.07) is 6.95. The van der Waals surface area contributed by atoms with Crippen molar-refractivity contribution in [3.8, 4) is 11.3 Å². The van der Waals surface area contributed by atoms with Gasteiger partial charge in [-0.15, -0.1) is 10.2 Å². The maximum absolute atomic E-state index is 13.0. The maximum Gasteiger partial charge on any atom is 0.322 e. The van der Waals surface area contributed by atoms with Gasteiger partial charge in [-0.05, 0) is 31.2 Å². The van der Waals surface area contributed by atoms with Crippen LogP contribution in [0.5, 0.6) is 0 Å². The highest BCUT2D eigenvalue weighted by molar-refractivity contribution is 5.73. The molecule has 3 aromatic rings. The first kappa shape index (κ1) is 16.4. The van der Waals surface area contributed by atoms with Crippen LogP contribution in [-0.4, -0.2) is 41.9 Å². The fourth-order valence-corrected chi connectivity index (χ4v) is 3.10. The van der Waals surface area contributed by atoms with Gasteiger partial charge in [-0.25, -0.2) is 4.39 Å². The summed E-state index contributed by atoms with van der Waals surface area (Å²) >= 11 is 0. The zero-order valence-corrected chi connectivity index (χ0v) is 14.0. The van der Waals surface area contributed by atoms with Gasteiger partial charge in [0.2, 0.25) is 0 Å². The summed E-state index contributed by atoms with van der Waals surface area (Å²) < 4.78 is 20.2. The molecule has 134 valence electrons. The number of fused-ring (bicyclic) bond motifs is 1. The van der Waals surface area contributed by atoms with Gasteiger partial charge in [-0.3, -0.25) is 9.69 Å². The summed E-state index contributed by atoms with van der Waals surface area (Å²) in [6.45, 7) is 2.71. The van der Waals surface area contributed by atoms with E-state index in [0.717, 1.165) is 11.4 Å². The van der Waals surface area contributed by atoms with Gasteiger partial charge in [0.25, 0.3) is 0 Å². The summed E-state index contributed by atoms with van der Waals surface area (Å²) in [7, 11) is 0. The Labute approximate surface area is 147 Å². The quantitative estimate of drug-likeness (QED) is 0.761. The molecule has 1 aliphatic rings. The molecule has 1 unspecified atom stereocenters. The minimum absolute atomic E-state index is 0.275. The van der Waals surface area contributed by atoms with Crippen LogP contribution in [0.2, 0.25) is 0 Å². The molecular weight excluding hydrogens is 341 g/mol. The number of carboxylic acids is 1. The van der Waals surface area contributed by atoms with E-state index in [1.54, 1.807) is 30.0 Å². The number of carbonyl (C=O) groups is 1. The fourth-order valence-electron chi connectivity index (χ4n) is 3.10. The van der Waals surface area contributed by atoms with Crippen molar-refractivity contribution in [2.75, 3.05) is 0 Å². The minimum atomic E-state index is -0.915. The summed E-state index contributed by atoms with van der Waals surface area (Å²) in [6.07, 6.45) is 0. The molecule has 3 heterocycles. The summed E-state index contributed by atoms with van der Waals surface area (Å²) in [5.41, 5.74) is 1.30. The molecule has 1 aromatic carbocycles. The van der Waals surface area contributed by atoms with E-state index in [0.29, 0.717) is 23.8 Å². The first-order chi connectivity index (χ1) is 12.5. The Morgan fingerprint density at radius 2 is 2.12 bits per heavy atom. The van der Waals surface area contributed by atoms with Crippen LogP contribution in [0, 0.1) is 12.7 Å². The Morgan fingerprint density at radius 1 is 1.35 bits per heavy atom. The number of hydrogen-bond acceptors (Lipinski definition) is 6. The van der Waals surface area contributed by atoms with Crippen LogP contribution in [0.1, 0.15) is 17.4 Å². The average molecular weight is 357 g/mol. The van der Waals surface area contributed by atoms with Crippen molar-refractivity contribution in [2.45, 2.75) is 32.6 Å². The highest BCUT2D eigenvalue weighted by Gasteiger charge is 2.34. The molecule has 26 heavy (non-hydrogen) atoms. The lowest BCUT2D eigenvalue weighted by molar-refractivity contribution is -0.145. The van der Waals surface area contributed by atoms with E-state index in [-0.39, 0.29) is 18.9 Å². The summed E-state index contributed by atoms with van der Waals surface area (Å²) in [5.74, 6) is 0.708. The van der Waals surface area contributed by atoms with E-state index in [1.165, 1.54) is 12.1 Å². The standard InChI is InChI=1S/C17H16FN5O3/c1-10-19-20-16-9-22(15(17(24)25)8-23(10)16)7-13-6-14(21-26-13)11-2-4-12(18)5-3-11/h2-6,15H,7-9H2,1H3,(H,24,25). The maximum atomic E-state index is 13.0. The number of nitrogens with zero attached hydrogens (tertiary/aromatic N) is 5. The van der Waals surface area contributed by atoms with Gasteiger partial charge in [-0.1, -0.05) is 5.16 Å². The Bertz CT molecular complexity index is 950. The molecule has 0 bridgehead atoms. The molecule has 9 heteroatoms. The lowest BCUT2D eigenvalue weighted by atomic mass is 10.1. The largest absolute Gasteiger partial charge is 0.480 e. The van der Waals surface area contributed by atoms with E-state index in [4.69, 9.17) is 4.52 Å². The van der Waals surface area contributed by atoms with Gasteiger partial charge < -0.3 is 14.2 Å². The van der Waals surface area contributed by atoms with Crippen molar-refractivity contribution in [1.29, 1.82) is 0 Å². The van der Waals surface area contributed by atoms with Crippen molar-refractivity contribution < 1.29 is 18.8 Å². The van der Waals surface area contributed by atoms with Crippen LogP contribution in [0.15, 0.2) is 34.9 Å². The molecule has 1 aliphatic heterocycles. The van der Waals surface area contributed by atoms with Crippen molar-refractivity contribution in [3.63, 3.8) is 0 Å². The summed E-state index contributed by atoms with van der Waals surface area (Å²) in [4.78, 5) is 13.4. The van der Waals surface area contributed by atoms with Crippen molar-refractivity contribution in [2.24, 2.45) is 0 Å². The lowest BCUT2D eigenvalue weighted by Gasteiger charge is -2.32. The van der Waals surface area contributed by atoms with Crippen LogP contribution >= 0.6 is 0 Å². The van der Waals surface area contributed by atoms with Gasteiger partial charge in [0.05, 0.1) is 19.6 Å². The molecule has 1 N–H and O–H groups in total. The number of halogens is 1. The van der Waals surface area contributed by atoms with Crippen LogP contribution in [0.3, 0.4) is 0 Å². The smallest absolute Gasteiger partial charge is 0.322 e. The number of carboxylic acid groups (broad SMARTS) is 1. The van der Waals surface area contributed by atoms with E-state index >= 15 is 0 Å². The van der Waals surface area contributed by atoms with Gasteiger partial charge in [0, 0.05) is 11.6 Å². The lowest BCUT2D eigenvalue weighted by Crippen LogP contribution is -2.47. The molecule has 4 rings (SSSR count). The normalized spacial score (nSPS) is 17.2. The van der Waals surface area contributed by atoms with Crippen LogP contribution in [0.4, 0.5) is 4.39 Å². The van der Waals surface area contributed by atoms with Crippen molar-refractivity contribution in [3.05, 3.63) is 53.6 Å². The molecule has 0 saturated heterocycles. The number of aromatic nitrogens is 4. The predicted octanol–water partition coefficient (Wildman–Crippen LogP) is 1.85. The Hall–Kier alpha value is -3.07. The van der Waals surface area contributed by atoms with Crippen LogP contribution in [-0.2, 0) is 24.4 Å². The predicted molar refractivity (Wildman–Crippen MR) is 87.3 cm³/mol. The molecule has 8 nitrogen and oxygen atoms in total. The molecule has 2 aromatic heterocycles. The van der Waals surface area contributed by atoms with Gasteiger partial charge >= 0.3 is 5.97 Å². The Balaban J connectivity index is 1.56. The summed E-state index contributed by atoms with van der Waals surface area (Å²) in [5, 5.41) is 21.7. The first-order valence-electron chi connectivity index (χ1n) is 8.08. The molecular formula is C17H16FN5O3. The SMILES string of the molecule is Cc1nnc2n1CC(C(=O)O)N(Cc1cc(-c3ccc(F)cc3)no1)C2. The minimum Gasteiger partial charge on any atom is -0.480 e. The van der Waals surface area contributed by atoms with Gasteiger partial charge in [0.1, 0.15) is 29.2 Å². The molecule has 1 atom stereocenters. The third kappa shape index (κ3) is 2.97. The molecule has 0 amide bonds. The van der Waals surface area contributed by atoms with Crippen molar-refractivity contribution in [1.82, 2.24) is 24.8 Å². The molecule has 0 radical (unpaired) electrons. The average Bonchev–Trinajstić information content (AvgIpc) is 3.22. The van der Waals surface area contributed by atoms with E-state index in [1.807, 2.05) is 4.57 Å². The number of hydrogen-bond donors (Lipinski definition) is 1. The highest BCUT2D eigenvalue weighted by Crippen LogP contribution is 2.24. The Morgan fingerprint density at radius 3 is 2.85 bits per heavy atom. The zero-order valence-electron chi connectivity index (χ0n) is 14.0. The van der Waals surface area contributed by atoms with Gasteiger partial charge in [0.15, 0.2) is 5.76 Å². The monoisotopic (exact) mass is 357 g/mol. The molecule has 0 spiro atoms. The van der Waals surface area contributed by atoms with E-state index in [2.05, 4.69) is 15.4 Å². The third-order valence-corrected chi connectivity index (χ3v) is 4.50. The van der Waals surface area contributed by atoms with Gasteiger partial charge in [-0.2, -0.15) is 0 Å². The second-order valence-electron chi connectivity index (χ2n) is 6.22. The second-order valence-corrected chi connectivity index (χ2v) is 6.22. The molecule has 0 aliphatic carbocycles. The second kappa shape index (κ2) is 6.34. The molecule has 0 saturated carbocycles. The fraction of sp³-hybridized carbons (Fsp3) is 0.294. The topological polar surface area (TPSA) is 97.3 Å². The van der Waals surface area contributed by atoms with Crippen LogP contribution < -0.4 is 0 Å². The zero-order chi connectivity index (χ0) is 18.3. The van der Waals surface area contributed by atoms with Crippen LogP contribution in [0.25, 0.3) is 11.3 Å². The Kier molecular flexibility index (Phi) is 4.00. The first-order valence-corrected chi connectivity index (χ1v) is 8.08. The third-order valence-electron chi connectivity index (χ3n) is 4.50. The van der Waals surface area contributed by atoms with Crippen molar-refractivity contribution >= 4 is 5.97 Å².